The lowest BCUT2D eigenvalue weighted by Crippen LogP contribution is -1.99. The lowest BCUT2D eigenvalue weighted by Gasteiger charge is -2.12. The van der Waals surface area contributed by atoms with Gasteiger partial charge in [0, 0.05) is 8.04 Å². The largest absolute Gasteiger partial charge is 0.388 e. The van der Waals surface area contributed by atoms with E-state index in [1.165, 1.54) is 0 Å². The average Bonchev–Trinajstić information content (AvgIpc) is 2.18. The van der Waals surface area contributed by atoms with E-state index in [1.54, 1.807) is 0 Å². The number of aliphatic hydroxyl groups is 1. The Kier molecular flexibility index (Phi) is 5.12. The molecule has 1 unspecified atom stereocenters. The third kappa shape index (κ3) is 3.37. The molecule has 0 spiro atoms. The number of hydrogen-bond acceptors (Lipinski definition) is 1. The zero-order valence-electron chi connectivity index (χ0n) is 7.71. The van der Waals surface area contributed by atoms with E-state index in [1.807, 2.05) is 24.3 Å². The van der Waals surface area contributed by atoms with Gasteiger partial charge in [-0.25, -0.2) is 0 Å². The van der Waals surface area contributed by atoms with Gasteiger partial charge in [0.05, 0.1) is 6.10 Å². The number of hydrogen-bond donors (Lipinski definition) is 1. The second-order valence-electron chi connectivity index (χ2n) is 3.05. The molecule has 0 fully saturated rings. The fourth-order valence-electron chi connectivity index (χ4n) is 1.20. The summed E-state index contributed by atoms with van der Waals surface area (Å²) >= 11 is 5.64. The van der Waals surface area contributed by atoms with Crippen molar-refractivity contribution >= 4 is 38.5 Å². The Morgan fingerprint density at radius 3 is 2.93 bits per heavy atom. The third-order valence-electron chi connectivity index (χ3n) is 1.96. The molecule has 0 radical (unpaired) electrons. The molecule has 1 nitrogen and oxygen atoms in total. The second kappa shape index (κ2) is 5.88. The van der Waals surface area contributed by atoms with Crippen molar-refractivity contribution < 1.29 is 5.11 Å². The van der Waals surface area contributed by atoms with Gasteiger partial charge in [-0.05, 0) is 59.2 Å². The number of allylic oxidation sites excluding steroid dienone is 1. The molecule has 0 aromatic heterocycles. The maximum absolute atomic E-state index is 9.88. The van der Waals surface area contributed by atoms with Gasteiger partial charge in [0.2, 0.25) is 0 Å². The standard InChI is InChI=1S/C11H12BrIO/c1-2-3-4-11(14)9-7-8(12)5-6-10(9)13/h2,5-7,11,14H,1,3-4H2. The Balaban J connectivity index is 2.82. The molecule has 3 heteroatoms. The predicted molar refractivity (Wildman–Crippen MR) is 71.2 cm³/mol. The van der Waals surface area contributed by atoms with Crippen LogP contribution >= 0.6 is 38.5 Å². The van der Waals surface area contributed by atoms with E-state index >= 15 is 0 Å². The highest BCUT2D eigenvalue weighted by Crippen LogP contribution is 2.26. The molecule has 0 saturated carbocycles. The van der Waals surface area contributed by atoms with Crippen LogP contribution in [0, 0.1) is 3.57 Å². The molecule has 76 valence electrons. The Labute approximate surface area is 106 Å². The average molecular weight is 367 g/mol. The molecular weight excluding hydrogens is 355 g/mol. The van der Waals surface area contributed by atoms with Crippen molar-refractivity contribution in [2.24, 2.45) is 0 Å². The molecule has 0 saturated heterocycles. The summed E-state index contributed by atoms with van der Waals surface area (Å²) in [6.45, 7) is 3.64. The Bertz CT molecular complexity index is 325. The molecule has 1 rings (SSSR count). The molecule has 1 atom stereocenters. The molecule has 1 N–H and O–H groups in total. The van der Waals surface area contributed by atoms with E-state index < -0.39 is 6.10 Å². The van der Waals surface area contributed by atoms with E-state index in [0.29, 0.717) is 0 Å². The summed E-state index contributed by atoms with van der Waals surface area (Å²) < 4.78 is 2.10. The predicted octanol–water partition coefficient (Wildman–Crippen LogP) is 4.05. The molecule has 0 bridgehead atoms. The fourth-order valence-corrected chi connectivity index (χ4v) is 2.27. The van der Waals surface area contributed by atoms with Crippen LogP contribution in [0.2, 0.25) is 0 Å². The summed E-state index contributed by atoms with van der Waals surface area (Å²) in [4.78, 5) is 0. The van der Waals surface area contributed by atoms with Crippen molar-refractivity contribution in [3.05, 3.63) is 44.5 Å². The summed E-state index contributed by atoms with van der Waals surface area (Å²) in [5, 5.41) is 9.88. The minimum Gasteiger partial charge on any atom is -0.388 e. The van der Waals surface area contributed by atoms with Crippen LogP contribution < -0.4 is 0 Å². The molecule has 1 aromatic carbocycles. The van der Waals surface area contributed by atoms with Crippen LogP contribution in [0.3, 0.4) is 0 Å². The lowest BCUT2D eigenvalue weighted by molar-refractivity contribution is 0.168. The van der Waals surface area contributed by atoms with Crippen LogP contribution in [0.1, 0.15) is 24.5 Å². The van der Waals surface area contributed by atoms with Crippen molar-refractivity contribution in [2.75, 3.05) is 0 Å². The van der Waals surface area contributed by atoms with Crippen molar-refractivity contribution in [3.8, 4) is 0 Å². The number of halogens is 2. The Morgan fingerprint density at radius 1 is 1.57 bits per heavy atom. The summed E-state index contributed by atoms with van der Waals surface area (Å²) in [5.41, 5.74) is 0.988. The fraction of sp³-hybridized carbons (Fsp3) is 0.273. The highest BCUT2D eigenvalue weighted by atomic mass is 127. The van der Waals surface area contributed by atoms with E-state index in [4.69, 9.17) is 0 Å². The lowest BCUT2D eigenvalue weighted by atomic mass is 10.1. The first-order valence-corrected chi connectivity index (χ1v) is 6.26. The molecule has 0 amide bonds. The summed E-state index contributed by atoms with van der Waals surface area (Å²) in [6.07, 6.45) is 3.01. The number of rotatable bonds is 4. The van der Waals surface area contributed by atoms with Gasteiger partial charge in [-0.3, -0.25) is 0 Å². The summed E-state index contributed by atoms with van der Waals surface area (Å²) in [5.74, 6) is 0. The summed E-state index contributed by atoms with van der Waals surface area (Å²) in [6, 6.07) is 5.94. The highest BCUT2D eigenvalue weighted by Gasteiger charge is 2.10. The van der Waals surface area contributed by atoms with Gasteiger partial charge in [0.25, 0.3) is 0 Å². The minimum atomic E-state index is -0.391. The normalized spacial score (nSPS) is 12.5. The van der Waals surface area contributed by atoms with E-state index in [9.17, 15) is 5.11 Å². The SMILES string of the molecule is C=CCCC(O)c1cc(Br)ccc1I. The maximum atomic E-state index is 9.88. The van der Waals surface area contributed by atoms with Crippen molar-refractivity contribution in [1.29, 1.82) is 0 Å². The van der Waals surface area contributed by atoms with Gasteiger partial charge < -0.3 is 5.11 Å². The first kappa shape index (κ1) is 12.2. The van der Waals surface area contributed by atoms with E-state index in [0.717, 1.165) is 26.4 Å². The van der Waals surface area contributed by atoms with Gasteiger partial charge in [0.1, 0.15) is 0 Å². The minimum absolute atomic E-state index is 0.391. The molecule has 0 aliphatic carbocycles. The first-order valence-electron chi connectivity index (χ1n) is 4.39. The number of aliphatic hydroxyl groups excluding tert-OH is 1. The summed E-state index contributed by atoms with van der Waals surface area (Å²) in [7, 11) is 0. The van der Waals surface area contributed by atoms with Crippen molar-refractivity contribution in [1.82, 2.24) is 0 Å². The van der Waals surface area contributed by atoms with Crippen LogP contribution in [-0.4, -0.2) is 5.11 Å². The molecule has 0 aliphatic heterocycles. The molecule has 0 aliphatic rings. The van der Waals surface area contributed by atoms with Gasteiger partial charge in [-0.1, -0.05) is 22.0 Å². The van der Waals surface area contributed by atoms with Gasteiger partial charge in [0.15, 0.2) is 0 Å². The van der Waals surface area contributed by atoms with Gasteiger partial charge >= 0.3 is 0 Å². The second-order valence-corrected chi connectivity index (χ2v) is 5.13. The van der Waals surface area contributed by atoms with E-state index in [2.05, 4.69) is 45.1 Å². The maximum Gasteiger partial charge on any atom is 0.0803 e. The van der Waals surface area contributed by atoms with Crippen LogP contribution in [0.4, 0.5) is 0 Å². The zero-order valence-corrected chi connectivity index (χ0v) is 11.5. The number of benzene rings is 1. The molecular formula is C11H12BrIO. The zero-order chi connectivity index (χ0) is 10.6. The molecule has 14 heavy (non-hydrogen) atoms. The third-order valence-corrected chi connectivity index (χ3v) is 3.44. The molecule has 0 heterocycles. The van der Waals surface area contributed by atoms with Gasteiger partial charge in [-0.15, -0.1) is 6.58 Å². The Hall–Kier alpha value is 0.130. The van der Waals surface area contributed by atoms with Crippen LogP contribution in [0.5, 0.6) is 0 Å². The van der Waals surface area contributed by atoms with Gasteiger partial charge in [-0.2, -0.15) is 0 Å². The monoisotopic (exact) mass is 366 g/mol. The highest BCUT2D eigenvalue weighted by molar-refractivity contribution is 14.1. The smallest absolute Gasteiger partial charge is 0.0803 e. The first-order chi connectivity index (χ1) is 6.65. The van der Waals surface area contributed by atoms with Crippen LogP contribution in [-0.2, 0) is 0 Å². The quantitative estimate of drug-likeness (QED) is 0.629. The Morgan fingerprint density at radius 2 is 2.29 bits per heavy atom. The van der Waals surface area contributed by atoms with Crippen molar-refractivity contribution in [2.45, 2.75) is 18.9 Å². The van der Waals surface area contributed by atoms with Crippen LogP contribution in [0.15, 0.2) is 35.3 Å². The van der Waals surface area contributed by atoms with Crippen molar-refractivity contribution in [3.63, 3.8) is 0 Å². The molecule has 1 aromatic rings. The topological polar surface area (TPSA) is 20.2 Å². The van der Waals surface area contributed by atoms with Crippen LogP contribution in [0.25, 0.3) is 0 Å². The van der Waals surface area contributed by atoms with E-state index in [-0.39, 0.29) is 0 Å².